The molecule has 0 fully saturated rings. The number of carbonyl (C=O) groups is 1. The number of hydrogen-bond donors (Lipinski definition) is 2. The van der Waals surface area contributed by atoms with Crippen molar-refractivity contribution in [2.45, 2.75) is 26.3 Å². The first-order valence-corrected chi connectivity index (χ1v) is 6.72. The number of carboxylic acids is 1. The van der Waals surface area contributed by atoms with E-state index in [4.69, 9.17) is 5.11 Å². The summed E-state index contributed by atoms with van der Waals surface area (Å²) in [5.41, 5.74) is 0.337. The van der Waals surface area contributed by atoms with Crippen molar-refractivity contribution >= 4 is 21.7 Å². The number of sulfonamides is 1. The Labute approximate surface area is 99.5 Å². The Morgan fingerprint density at radius 1 is 1.59 bits per heavy atom. The molecule has 0 amide bonds. The summed E-state index contributed by atoms with van der Waals surface area (Å²) in [6.45, 7) is 3.82. The predicted octanol–water partition coefficient (Wildman–Crippen LogP) is 0.680. The molecule has 8 heteroatoms. The quantitative estimate of drug-likeness (QED) is 0.784. The highest BCUT2D eigenvalue weighted by Gasteiger charge is 2.14. The average Bonchev–Trinajstić information content (AvgIpc) is 2.63. The molecule has 0 radical (unpaired) electrons. The summed E-state index contributed by atoms with van der Waals surface area (Å²) in [4.78, 5) is 10.3. The highest BCUT2D eigenvalue weighted by molar-refractivity contribution is 7.92. The molecule has 1 aromatic heterocycles. The van der Waals surface area contributed by atoms with E-state index in [2.05, 4.69) is 9.82 Å². The first-order chi connectivity index (χ1) is 7.80. The monoisotopic (exact) mass is 261 g/mol. The van der Waals surface area contributed by atoms with Gasteiger partial charge < -0.3 is 5.11 Å². The lowest BCUT2D eigenvalue weighted by molar-refractivity contribution is -0.136. The molecule has 0 spiro atoms. The summed E-state index contributed by atoms with van der Waals surface area (Å²) in [6.07, 6.45) is 2.52. The number of nitrogens with zero attached hydrogens (tertiary/aromatic N) is 2. The van der Waals surface area contributed by atoms with Gasteiger partial charge >= 0.3 is 5.97 Å². The Bertz CT molecular complexity index is 492. The highest BCUT2D eigenvalue weighted by atomic mass is 32.2. The molecule has 0 bridgehead atoms. The Morgan fingerprint density at radius 3 is 2.71 bits per heavy atom. The van der Waals surface area contributed by atoms with E-state index in [0.717, 1.165) is 0 Å². The predicted molar refractivity (Wildman–Crippen MR) is 62.3 cm³/mol. The molecule has 7 nitrogen and oxygen atoms in total. The summed E-state index contributed by atoms with van der Waals surface area (Å²) >= 11 is 0. The Hall–Kier alpha value is -1.57. The standard InChI is InChI=1S/C9H15N3O4S/c1-7(2)12-6-8(5-10-12)11-17(15,16)4-3-9(13)14/h5-7,11H,3-4H2,1-2H3,(H,13,14). The number of aromatic nitrogens is 2. The molecule has 0 unspecified atom stereocenters. The zero-order valence-corrected chi connectivity index (χ0v) is 10.4. The minimum Gasteiger partial charge on any atom is -0.481 e. The summed E-state index contributed by atoms with van der Waals surface area (Å²) in [5.74, 6) is -1.59. The van der Waals surface area contributed by atoms with E-state index in [1.165, 1.54) is 6.20 Å². The molecule has 0 aromatic carbocycles. The summed E-state index contributed by atoms with van der Waals surface area (Å²) in [5, 5.41) is 12.4. The van der Waals surface area contributed by atoms with Crippen LogP contribution in [0.2, 0.25) is 0 Å². The Kier molecular flexibility index (Phi) is 4.11. The molecule has 0 saturated carbocycles. The fourth-order valence-corrected chi connectivity index (χ4v) is 2.14. The van der Waals surface area contributed by atoms with Crippen molar-refractivity contribution in [1.82, 2.24) is 9.78 Å². The van der Waals surface area contributed by atoms with E-state index in [1.807, 2.05) is 13.8 Å². The van der Waals surface area contributed by atoms with Crippen LogP contribution in [0.5, 0.6) is 0 Å². The van der Waals surface area contributed by atoms with Crippen molar-refractivity contribution in [2.24, 2.45) is 0 Å². The highest BCUT2D eigenvalue weighted by Crippen LogP contribution is 2.11. The van der Waals surface area contributed by atoms with E-state index < -0.39 is 28.2 Å². The van der Waals surface area contributed by atoms with Crippen molar-refractivity contribution in [3.8, 4) is 0 Å². The third-order valence-corrected chi connectivity index (χ3v) is 3.28. The largest absolute Gasteiger partial charge is 0.481 e. The molecule has 0 aliphatic rings. The summed E-state index contributed by atoms with van der Waals surface area (Å²) in [6, 6.07) is 0.132. The average molecular weight is 261 g/mol. The molecular formula is C9H15N3O4S. The maximum atomic E-state index is 11.5. The molecule has 17 heavy (non-hydrogen) atoms. The second-order valence-corrected chi connectivity index (χ2v) is 5.71. The smallest absolute Gasteiger partial charge is 0.304 e. The van der Waals surface area contributed by atoms with Crippen LogP contribution in [-0.2, 0) is 14.8 Å². The van der Waals surface area contributed by atoms with Gasteiger partial charge in [-0.05, 0) is 13.8 Å². The van der Waals surface area contributed by atoms with Gasteiger partial charge in [0.05, 0.1) is 24.1 Å². The van der Waals surface area contributed by atoms with Crippen LogP contribution in [0.4, 0.5) is 5.69 Å². The lowest BCUT2D eigenvalue weighted by atomic mass is 10.4. The Morgan fingerprint density at radius 2 is 2.24 bits per heavy atom. The van der Waals surface area contributed by atoms with Crippen molar-refractivity contribution in [1.29, 1.82) is 0 Å². The zero-order valence-electron chi connectivity index (χ0n) is 9.62. The first kappa shape index (κ1) is 13.5. The molecule has 0 saturated heterocycles. The lowest BCUT2D eigenvalue weighted by Gasteiger charge is -2.05. The molecule has 0 atom stereocenters. The van der Waals surface area contributed by atoms with Crippen LogP contribution in [0.15, 0.2) is 12.4 Å². The van der Waals surface area contributed by atoms with Gasteiger partial charge in [0, 0.05) is 12.2 Å². The lowest BCUT2D eigenvalue weighted by Crippen LogP contribution is -2.18. The minimum absolute atomic E-state index is 0.132. The molecule has 2 N–H and O–H groups in total. The number of aliphatic carboxylic acids is 1. The van der Waals surface area contributed by atoms with Crippen molar-refractivity contribution in [3.05, 3.63) is 12.4 Å². The molecule has 0 aliphatic carbocycles. The van der Waals surface area contributed by atoms with Gasteiger partial charge in [0.25, 0.3) is 0 Å². The van der Waals surface area contributed by atoms with E-state index in [1.54, 1.807) is 10.9 Å². The van der Waals surface area contributed by atoms with Crippen LogP contribution < -0.4 is 4.72 Å². The van der Waals surface area contributed by atoms with Gasteiger partial charge in [-0.15, -0.1) is 0 Å². The molecular weight excluding hydrogens is 246 g/mol. The number of hydrogen-bond acceptors (Lipinski definition) is 4. The maximum Gasteiger partial charge on any atom is 0.304 e. The van der Waals surface area contributed by atoms with E-state index >= 15 is 0 Å². The Balaban J connectivity index is 2.66. The molecule has 0 aliphatic heterocycles. The second kappa shape index (κ2) is 5.17. The van der Waals surface area contributed by atoms with Gasteiger partial charge in [-0.2, -0.15) is 5.10 Å². The summed E-state index contributed by atoms with van der Waals surface area (Å²) < 4.78 is 26.8. The molecule has 96 valence electrons. The molecule has 1 aromatic rings. The van der Waals surface area contributed by atoms with Crippen LogP contribution in [0.1, 0.15) is 26.3 Å². The van der Waals surface area contributed by atoms with Crippen molar-refractivity contribution in [2.75, 3.05) is 10.5 Å². The number of carboxylic acid groups (broad SMARTS) is 1. The second-order valence-electron chi connectivity index (χ2n) is 3.87. The van der Waals surface area contributed by atoms with E-state index in [0.29, 0.717) is 5.69 Å². The molecule has 1 rings (SSSR count). The van der Waals surface area contributed by atoms with Gasteiger partial charge in [-0.3, -0.25) is 14.2 Å². The SMILES string of the molecule is CC(C)n1cc(NS(=O)(=O)CCC(=O)O)cn1. The van der Waals surface area contributed by atoms with Gasteiger partial charge in [-0.1, -0.05) is 0 Å². The number of nitrogens with one attached hydrogen (secondary N) is 1. The van der Waals surface area contributed by atoms with Crippen LogP contribution in [-0.4, -0.2) is 35.0 Å². The van der Waals surface area contributed by atoms with Gasteiger partial charge in [0.1, 0.15) is 0 Å². The van der Waals surface area contributed by atoms with E-state index in [9.17, 15) is 13.2 Å². The summed E-state index contributed by atoms with van der Waals surface area (Å²) in [7, 11) is -3.63. The third-order valence-electron chi connectivity index (χ3n) is 1.99. The van der Waals surface area contributed by atoms with Crippen LogP contribution in [0, 0.1) is 0 Å². The maximum absolute atomic E-state index is 11.5. The normalized spacial score (nSPS) is 11.7. The third kappa shape index (κ3) is 4.43. The fourth-order valence-electron chi connectivity index (χ4n) is 1.13. The van der Waals surface area contributed by atoms with Crippen LogP contribution >= 0.6 is 0 Å². The van der Waals surface area contributed by atoms with Crippen molar-refractivity contribution in [3.63, 3.8) is 0 Å². The van der Waals surface area contributed by atoms with Crippen molar-refractivity contribution < 1.29 is 18.3 Å². The van der Waals surface area contributed by atoms with Crippen LogP contribution in [0.25, 0.3) is 0 Å². The van der Waals surface area contributed by atoms with Gasteiger partial charge in [-0.25, -0.2) is 8.42 Å². The number of rotatable bonds is 6. The van der Waals surface area contributed by atoms with Gasteiger partial charge in [0.2, 0.25) is 10.0 Å². The fraction of sp³-hybridized carbons (Fsp3) is 0.556. The minimum atomic E-state index is -3.63. The van der Waals surface area contributed by atoms with Crippen LogP contribution in [0.3, 0.4) is 0 Å². The first-order valence-electron chi connectivity index (χ1n) is 5.06. The van der Waals surface area contributed by atoms with E-state index in [-0.39, 0.29) is 6.04 Å². The zero-order chi connectivity index (χ0) is 13.1. The number of anilines is 1. The van der Waals surface area contributed by atoms with Gasteiger partial charge in [0.15, 0.2) is 0 Å². The molecule has 1 heterocycles. The topological polar surface area (TPSA) is 101 Å².